The van der Waals surface area contributed by atoms with Crippen molar-refractivity contribution in [3.63, 3.8) is 0 Å². The van der Waals surface area contributed by atoms with Crippen LogP contribution in [0.1, 0.15) is 30.6 Å². The molecule has 1 aliphatic rings. The zero-order valence-electron chi connectivity index (χ0n) is 14.9. The van der Waals surface area contributed by atoms with Crippen molar-refractivity contribution in [2.45, 2.75) is 43.4 Å². The number of nitrogens with zero attached hydrogens (tertiary/aromatic N) is 2. The molecule has 0 amide bonds. The molecule has 0 bridgehead atoms. The Labute approximate surface area is 165 Å². The van der Waals surface area contributed by atoms with Crippen molar-refractivity contribution in [1.29, 1.82) is 0 Å². The molecule has 0 saturated heterocycles. The van der Waals surface area contributed by atoms with Gasteiger partial charge in [-0.1, -0.05) is 30.7 Å². The molecule has 0 fully saturated rings. The van der Waals surface area contributed by atoms with Crippen LogP contribution in [-0.2, 0) is 23.0 Å². The number of rotatable bonds is 5. The molecule has 0 aliphatic carbocycles. The number of benzene rings is 1. The highest BCUT2D eigenvalue weighted by molar-refractivity contribution is 7.89. The smallest absolute Gasteiger partial charge is 0.313 e. The van der Waals surface area contributed by atoms with Gasteiger partial charge in [0.15, 0.2) is 0 Å². The number of sulfonamides is 1. The first kappa shape index (κ1) is 20.9. The molecular formula is C18H18ClF3N2O3S. The van der Waals surface area contributed by atoms with Crippen molar-refractivity contribution in [2.24, 2.45) is 0 Å². The highest BCUT2D eigenvalue weighted by Crippen LogP contribution is 2.40. The van der Waals surface area contributed by atoms with E-state index in [1.165, 1.54) is 29.7 Å². The van der Waals surface area contributed by atoms with Crippen LogP contribution in [0.15, 0.2) is 46.1 Å². The van der Waals surface area contributed by atoms with Crippen LogP contribution in [0.2, 0.25) is 5.02 Å². The van der Waals surface area contributed by atoms with Crippen molar-refractivity contribution < 1.29 is 21.6 Å². The fraction of sp³-hybridized carbons (Fsp3) is 0.389. The molecule has 0 N–H and O–H groups in total. The molecule has 0 radical (unpaired) electrons. The maximum atomic E-state index is 13.9. The average Bonchev–Trinajstić information content (AvgIpc) is 3.08. The molecule has 28 heavy (non-hydrogen) atoms. The number of halogens is 4. The van der Waals surface area contributed by atoms with Crippen LogP contribution < -0.4 is 5.56 Å². The van der Waals surface area contributed by atoms with E-state index >= 15 is 0 Å². The minimum Gasteiger partial charge on any atom is -0.313 e. The molecule has 0 saturated carbocycles. The molecule has 0 spiro atoms. The molecule has 1 atom stereocenters. The molecule has 0 unspecified atom stereocenters. The second kappa shape index (κ2) is 7.53. The Morgan fingerprint density at radius 3 is 2.43 bits per heavy atom. The summed E-state index contributed by atoms with van der Waals surface area (Å²) in [6.07, 6.45) is -3.67. The number of hydrogen-bond acceptors (Lipinski definition) is 3. The lowest BCUT2D eigenvalue weighted by Gasteiger charge is -2.32. The number of aromatic nitrogens is 1. The van der Waals surface area contributed by atoms with E-state index in [-0.39, 0.29) is 10.6 Å². The van der Waals surface area contributed by atoms with Gasteiger partial charge in [-0.05, 0) is 36.6 Å². The van der Waals surface area contributed by atoms with Gasteiger partial charge >= 0.3 is 6.18 Å². The number of hydrogen-bond donors (Lipinski definition) is 0. The lowest BCUT2D eigenvalue weighted by atomic mass is 10.1. The van der Waals surface area contributed by atoms with Crippen LogP contribution in [0.5, 0.6) is 0 Å². The Morgan fingerprint density at radius 2 is 1.86 bits per heavy atom. The fourth-order valence-corrected chi connectivity index (χ4v) is 5.23. The Hall–Kier alpha value is -1.84. The summed E-state index contributed by atoms with van der Waals surface area (Å²) < 4.78 is 69.7. The van der Waals surface area contributed by atoms with Crippen molar-refractivity contribution in [3.05, 3.63) is 63.0 Å². The summed E-state index contributed by atoms with van der Waals surface area (Å²) in [6.45, 7) is 1.38. The Bertz CT molecular complexity index is 1030. The van der Waals surface area contributed by atoms with E-state index < -0.39 is 39.2 Å². The summed E-state index contributed by atoms with van der Waals surface area (Å²) in [5, 5.41) is 0.238. The van der Waals surface area contributed by atoms with Gasteiger partial charge in [-0.15, -0.1) is 0 Å². The van der Waals surface area contributed by atoms with Crippen molar-refractivity contribution >= 4 is 21.6 Å². The van der Waals surface area contributed by atoms with E-state index in [0.29, 0.717) is 29.4 Å². The Morgan fingerprint density at radius 1 is 1.21 bits per heavy atom. The summed E-state index contributed by atoms with van der Waals surface area (Å²) in [7, 11) is -4.57. The van der Waals surface area contributed by atoms with Gasteiger partial charge in [0, 0.05) is 29.9 Å². The van der Waals surface area contributed by atoms with Crippen LogP contribution in [0, 0.1) is 0 Å². The van der Waals surface area contributed by atoms with Gasteiger partial charge in [0.05, 0.1) is 4.90 Å². The summed E-state index contributed by atoms with van der Waals surface area (Å²) in [5.41, 5.74) is -0.267. The van der Waals surface area contributed by atoms with Gasteiger partial charge in [-0.2, -0.15) is 17.5 Å². The maximum absolute atomic E-state index is 13.9. The van der Waals surface area contributed by atoms with Crippen molar-refractivity contribution in [3.8, 4) is 0 Å². The van der Waals surface area contributed by atoms with E-state index in [9.17, 15) is 26.4 Å². The quantitative estimate of drug-likeness (QED) is 0.720. The van der Waals surface area contributed by atoms with Crippen molar-refractivity contribution in [2.75, 3.05) is 6.54 Å². The molecule has 2 aromatic rings. The molecule has 1 aliphatic heterocycles. The summed E-state index contributed by atoms with van der Waals surface area (Å²) in [5.74, 6) is 0. The average molecular weight is 435 g/mol. The lowest BCUT2D eigenvalue weighted by molar-refractivity contribution is -0.173. The van der Waals surface area contributed by atoms with E-state index in [4.69, 9.17) is 11.6 Å². The standard InChI is InChI=1S/C18H18ClF3N2O3S/c1-2-24(17(18(20,21)22)12-5-7-13(19)8-6-12)28(26,27)15-10-14-4-3-9-23(14)16(25)11-15/h5-8,10-11,17H,2-4,9H2,1H3/t17-/m1/s1. The summed E-state index contributed by atoms with van der Waals surface area (Å²) in [6, 6.07) is 4.64. The summed E-state index contributed by atoms with van der Waals surface area (Å²) in [4.78, 5) is 11.8. The summed E-state index contributed by atoms with van der Waals surface area (Å²) >= 11 is 5.75. The molecular weight excluding hydrogens is 417 g/mol. The van der Waals surface area contributed by atoms with Gasteiger partial charge in [0.25, 0.3) is 5.56 Å². The zero-order valence-corrected chi connectivity index (χ0v) is 16.5. The van der Waals surface area contributed by atoms with Crippen LogP contribution in [0.25, 0.3) is 0 Å². The first-order valence-electron chi connectivity index (χ1n) is 8.63. The molecule has 1 aromatic heterocycles. The second-order valence-corrected chi connectivity index (χ2v) is 8.81. The van der Waals surface area contributed by atoms with Gasteiger partial charge < -0.3 is 4.57 Å². The topological polar surface area (TPSA) is 59.4 Å². The Balaban J connectivity index is 2.12. The van der Waals surface area contributed by atoms with Crippen LogP contribution >= 0.6 is 11.6 Å². The number of fused-ring (bicyclic) bond motifs is 1. The Kier molecular flexibility index (Phi) is 5.62. The van der Waals surface area contributed by atoms with E-state index in [0.717, 1.165) is 18.2 Å². The molecule has 152 valence electrons. The monoisotopic (exact) mass is 434 g/mol. The van der Waals surface area contributed by atoms with E-state index in [1.54, 1.807) is 0 Å². The number of aryl methyl sites for hydroxylation is 1. The van der Waals surface area contributed by atoms with Gasteiger partial charge in [-0.25, -0.2) is 8.42 Å². The minimum absolute atomic E-state index is 0.238. The van der Waals surface area contributed by atoms with Gasteiger partial charge in [0.1, 0.15) is 6.04 Å². The number of pyridine rings is 1. The molecule has 3 rings (SSSR count). The first-order chi connectivity index (χ1) is 13.1. The van der Waals surface area contributed by atoms with Crippen molar-refractivity contribution in [1.82, 2.24) is 8.87 Å². The minimum atomic E-state index is -4.86. The maximum Gasteiger partial charge on any atom is 0.409 e. The largest absolute Gasteiger partial charge is 0.409 e. The third-order valence-electron chi connectivity index (χ3n) is 4.70. The third kappa shape index (κ3) is 3.83. The predicted octanol–water partition coefficient (Wildman–Crippen LogP) is 3.76. The van der Waals surface area contributed by atoms with Crippen LogP contribution in [0.3, 0.4) is 0 Å². The highest BCUT2D eigenvalue weighted by Gasteiger charge is 2.48. The predicted molar refractivity (Wildman–Crippen MR) is 98.8 cm³/mol. The third-order valence-corrected chi connectivity index (χ3v) is 6.87. The van der Waals surface area contributed by atoms with Gasteiger partial charge in [0.2, 0.25) is 10.0 Å². The van der Waals surface area contributed by atoms with Crippen LogP contribution in [0.4, 0.5) is 13.2 Å². The molecule has 10 heteroatoms. The van der Waals surface area contributed by atoms with Gasteiger partial charge in [-0.3, -0.25) is 4.79 Å². The normalized spacial score (nSPS) is 15.6. The second-order valence-electron chi connectivity index (χ2n) is 6.48. The fourth-order valence-electron chi connectivity index (χ4n) is 3.44. The molecule has 5 nitrogen and oxygen atoms in total. The SMILES string of the molecule is CCN([C@H](c1ccc(Cl)cc1)C(F)(F)F)S(=O)(=O)c1cc2n(c(=O)c1)CCC2. The lowest BCUT2D eigenvalue weighted by Crippen LogP contribution is -2.42. The first-order valence-corrected chi connectivity index (χ1v) is 10.5. The number of alkyl halides is 3. The van der Waals surface area contributed by atoms with E-state index in [2.05, 4.69) is 0 Å². The van der Waals surface area contributed by atoms with E-state index in [1.807, 2.05) is 0 Å². The zero-order chi connectivity index (χ0) is 20.7. The highest BCUT2D eigenvalue weighted by atomic mass is 35.5. The molecule has 1 aromatic carbocycles. The molecule has 2 heterocycles. The van der Waals surface area contributed by atoms with Crippen LogP contribution in [-0.4, -0.2) is 30.0 Å².